The lowest BCUT2D eigenvalue weighted by Crippen LogP contribution is -2.58. The molecule has 0 spiro atoms. The molecule has 35 heavy (non-hydrogen) atoms. The maximum absolute atomic E-state index is 13.9. The first-order valence-electron chi connectivity index (χ1n) is 13.2. The highest BCUT2D eigenvalue weighted by atomic mass is 19.1. The number of nitrogens with zero attached hydrogens (tertiary/aromatic N) is 2. The van der Waals surface area contributed by atoms with E-state index in [1.54, 1.807) is 12.1 Å². The number of nitrogens with one attached hydrogen (secondary N) is 1. The molecular weight excluding hydrogens is 449 g/mol. The number of piperidine rings is 1. The van der Waals surface area contributed by atoms with Crippen molar-refractivity contribution in [3.8, 4) is 0 Å². The predicted octanol–water partition coefficient (Wildman–Crippen LogP) is 3.66. The highest BCUT2D eigenvalue weighted by Gasteiger charge is 2.57. The number of amides is 4. The summed E-state index contributed by atoms with van der Waals surface area (Å²) in [4.78, 5) is 43.3. The van der Waals surface area contributed by atoms with Gasteiger partial charge in [0.25, 0.3) is 5.91 Å². The second-order valence-electron chi connectivity index (χ2n) is 10.8. The zero-order valence-electron chi connectivity index (χ0n) is 20.3. The molecule has 0 aromatic heterocycles. The van der Waals surface area contributed by atoms with Crippen LogP contribution in [0.2, 0.25) is 0 Å². The van der Waals surface area contributed by atoms with Crippen LogP contribution >= 0.6 is 0 Å². The Morgan fingerprint density at radius 2 is 1.74 bits per heavy atom. The minimum Gasteiger partial charge on any atom is -0.379 e. The number of urea groups is 1. The second kappa shape index (κ2) is 10.2. The smallest absolute Gasteiger partial charge is 0.325 e. The molecule has 7 nitrogen and oxygen atoms in total. The molecule has 3 saturated heterocycles. The molecule has 4 fully saturated rings. The van der Waals surface area contributed by atoms with Crippen LogP contribution in [0.3, 0.4) is 0 Å². The molecule has 8 heteroatoms. The monoisotopic (exact) mass is 485 g/mol. The lowest BCUT2D eigenvalue weighted by atomic mass is 9.73. The Morgan fingerprint density at radius 1 is 1.03 bits per heavy atom. The third-order valence-corrected chi connectivity index (χ3v) is 8.55. The van der Waals surface area contributed by atoms with Gasteiger partial charge in [0, 0.05) is 32.5 Å². The first kappa shape index (κ1) is 24.2. The number of rotatable bonds is 6. The van der Waals surface area contributed by atoms with Gasteiger partial charge in [0.05, 0.1) is 12.6 Å². The van der Waals surface area contributed by atoms with Crippen molar-refractivity contribution in [1.29, 1.82) is 0 Å². The molecule has 1 aromatic rings. The van der Waals surface area contributed by atoms with E-state index in [1.807, 2.05) is 4.90 Å². The van der Waals surface area contributed by atoms with Crippen LogP contribution in [0.5, 0.6) is 0 Å². The van der Waals surface area contributed by atoms with Crippen LogP contribution in [0.15, 0.2) is 24.3 Å². The van der Waals surface area contributed by atoms with Crippen molar-refractivity contribution in [1.82, 2.24) is 15.1 Å². The van der Waals surface area contributed by atoms with Crippen molar-refractivity contribution >= 4 is 17.8 Å². The molecule has 5 rings (SSSR count). The van der Waals surface area contributed by atoms with Gasteiger partial charge in [-0.05, 0) is 61.6 Å². The number of carbonyl (C=O) groups excluding carboxylic acids is 3. The average molecular weight is 486 g/mol. The first-order valence-corrected chi connectivity index (χ1v) is 13.2. The van der Waals surface area contributed by atoms with E-state index in [1.165, 1.54) is 36.3 Å². The molecule has 1 aliphatic carbocycles. The van der Waals surface area contributed by atoms with E-state index >= 15 is 0 Å². The van der Waals surface area contributed by atoms with Crippen LogP contribution in [0.1, 0.15) is 63.4 Å². The molecule has 4 amide bonds. The van der Waals surface area contributed by atoms with Crippen molar-refractivity contribution in [2.45, 2.75) is 75.8 Å². The highest BCUT2D eigenvalue weighted by Crippen LogP contribution is 2.38. The molecule has 0 radical (unpaired) electrons. The van der Waals surface area contributed by atoms with E-state index in [0.717, 1.165) is 18.4 Å². The zero-order valence-corrected chi connectivity index (χ0v) is 20.3. The molecule has 3 heterocycles. The lowest BCUT2D eigenvalue weighted by molar-refractivity contribution is -0.137. The van der Waals surface area contributed by atoms with E-state index in [2.05, 4.69) is 5.32 Å². The van der Waals surface area contributed by atoms with Gasteiger partial charge >= 0.3 is 6.03 Å². The number of hydrogen-bond donors (Lipinski definition) is 1. The fourth-order valence-electron chi connectivity index (χ4n) is 6.52. The lowest BCUT2D eigenvalue weighted by Gasteiger charge is -2.41. The van der Waals surface area contributed by atoms with E-state index in [9.17, 15) is 18.8 Å². The summed E-state index contributed by atoms with van der Waals surface area (Å²) >= 11 is 0. The Morgan fingerprint density at radius 3 is 2.40 bits per heavy atom. The second-order valence-corrected chi connectivity index (χ2v) is 10.8. The topological polar surface area (TPSA) is 79.0 Å². The molecule has 1 saturated carbocycles. The number of likely N-dealkylation sites (tertiary alicyclic amines) is 1. The van der Waals surface area contributed by atoms with Gasteiger partial charge in [0.1, 0.15) is 11.4 Å². The zero-order chi connectivity index (χ0) is 24.4. The summed E-state index contributed by atoms with van der Waals surface area (Å²) in [5.41, 5.74) is -0.281. The normalized spacial score (nSPS) is 28.5. The number of benzene rings is 1. The Hall–Kier alpha value is -2.48. The number of hydrogen-bond acceptors (Lipinski definition) is 4. The van der Waals surface area contributed by atoms with Gasteiger partial charge in [-0.2, -0.15) is 0 Å². The molecule has 1 N–H and O–H groups in total. The van der Waals surface area contributed by atoms with Crippen molar-refractivity contribution in [3.05, 3.63) is 35.6 Å². The third-order valence-electron chi connectivity index (χ3n) is 8.55. The standard InChI is InChI=1S/C27H36FN3O4/c28-22-8-6-20(7-9-22)17-27(25(33)31(26(34)29-27)23-12-15-35-18-23)21-10-13-30(14-11-21)24(32)16-19-4-2-1-3-5-19/h6-9,19,21,23H,1-5,10-18H2,(H,29,34). The largest absolute Gasteiger partial charge is 0.379 e. The first-order chi connectivity index (χ1) is 17.0. The van der Waals surface area contributed by atoms with Crippen LogP contribution in [0.25, 0.3) is 0 Å². The molecule has 190 valence electrons. The van der Waals surface area contributed by atoms with Gasteiger partial charge in [-0.25, -0.2) is 9.18 Å². The van der Waals surface area contributed by atoms with Crippen molar-refractivity contribution in [3.63, 3.8) is 0 Å². The summed E-state index contributed by atoms with van der Waals surface area (Å²) < 4.78 is 19.0. The van der Waals surface area contributed by atoms with E-state index in [4.69, 9.17) is 4.74 Å². The maximum Gasteiger partial charge on any atom is 0.325 e. The van der Waals surface area contributed by atoms with Crippen LogP contribution < -0.4 is 5.32 Å². The Balaban J connectivity index is 1.32. The molecule has 2 atom stereocenters. The van der Waals surface area contributed by atoms with Crippen molar-refractivity contribution < 1.29 is 23.5 Å². The number of carbonyl (C=O) groups is 3. The van der Waals surface area contributed by atoms with Gasteiger partial charge in [-0.3, -0.25) is 14.5 Å². The summed E-state index contributed by atoms with van der Waals surface area (Å²) in [7, 11) is 0. The summed E-state index contributed by atoms with van der Waals surface area (Å²) in [6.07, 6.45) is 8.87. The van der Waals surface area contributed by atoms with Gasteiger partial charge in [0.15, 0.2) is 0 Å². The molecule has 2 unspecified atom stereocenters. The van der Waals surface area contributed by atoms with Gasteiger partial charge in [0.2, 0.25) is 5.91 Å². The third kappa shape index (κ3) is 4.95. The average Bonchev–Trinajstić information content (AvgIpc) is 3.48. The fraction of sp³-hybridized carbons (Fsp3) is 0.667. The van der Waals surface area contributed by atoms with Gasteiger partial charge in [-0.1, -0.05) is 31.4 Å². The van der Waals surface area contributed by atoms with E-state index in [0.29, 0.717) is 64.3 Å². The van der Waals surface area contributed by atoms with Crippen molar-refractivity contribution in [2.24, 2.45) is 11.8 Å². The molecular formula is C27H36FN3O4. The molecule has 0 bridgehead atoms. The summed E-state index contributed by atoms with van der Waals surface area (Å²) in [5, 5.41) is 3.07. The Kier molecular flexibility index (Phi) is 7.09. The SMILES string of the molecule is O=C(CC1CCCCC1)N1CCC(C2(Cc3ccc(F)cc3)NC(=O)N(C3CCOC3)C2=O)CC1. The van der Waals surface area contributed by atoms with Crippen LogP contribution in [0.4, 0.5) is 9.18 Å². The maximum atomic E-state index is 13.9. The van der Waals surface area contributed by atoms with Crippen LogP contribution in [0, 0.1) is 17.7 Å². The number of ether oxygens (including phenoxy) is 1. The number of imide groups is 1. The Labute approximate surface area is 206 Å². The molecule has 3 aliphatic heterocycles. The fourth-order valence-corrected chi connectivity index (χ4v) is 6.52. The summed E-state index contributed by atoms with van der Waals surface area (Å²) in [6.45, 7) is 2.09. The molecule has 4 aliphatic rings. The van der Waals surface area contributed by atoms with E-state index in [-0.39, 0.29) is 35.6 Å². The van der Waals surface area contributed by atoms with Crippen LogP contribution in [-0.2, 0) is 20.7 Å². The minimum absolute atomic E-state index is 0.102. The highest BCUT2D eigenvalue weighted by molar-refractivity contribution is 6.07. The van der Waals surface area contributed by atoms with E-state index < -0.39 is 5.54 Å². The number of halogens is 1. The predicted molar refractivity (Wildman–Crippen MR) is 128 cm³/mol. The summed E-state index contributed by atoms with van der Waals surface area (Å²) in [5.74, 6) is 0.0644. The van der Waals surface area contributed by atoms with Crippen molar-refractivity contribution in [2.75, 3.05) is 26.3 Å². The quantitative estimate of drug-likeness (QED) is 0.624. The Bertz CT molecular complexity index is 934. The minimum atomic E-state index is -1.09. The summed E-state index contributed by atoms with van der Waals surface area (Å²) in [6, 6.07) is 5.51. The molecule has 1 aromatic carbocycles. The van der Waals surface area contributed by atoms with Gasteiger partial charge in [-0.15, -0.1) is 0 Å². The van der Waals surface area contributed by atoms with Crippen LogP contribution in [-0.4, -0.2) is 65.5 Å². The van der Waals surface area contributed by atoms with Gasteiger partial charge < -0.3 is 15.0 Å².